The summed E-state index contributed by atoms with van der Waals surface area (Å²) in [6.07, 6.45) is 2.20. The molecule has 24 aromatic rings. The minimum atomic E-state index is 0.939. The highest BCUT2D eigenvalue weighted by atomic mass is 16.3. The van der Waals surface area contributed by atoms with Gasteiger partial charge in [0.2, 0.25) is 39.3 Å². The van der Waals surface area contributed by atoms with Crippen LogP contribution in [0.25, 0.3) is 219 Å². The Kier molecular flexibility index (Phi) is 17.7. The van der Waals surface area contributed by atoms with E-state index in [0.717, 1.165) is 55.9 Å². The molecule has 0 fully saturated rings. The third-order valence-electron chi connectivity index (χ3n) is 26.1. The summed E-state index contributed by atoms with van der Waals surface area (Å²) in [4.78, 5) is 0. The Morgan fingerprint density at radius 1 is 0.190 bits per heavy atom. The fourth-order valence-electron chi connectivity index (χ4n) is 19.1. The van der Waals surface area contributed by atoms with Crippen molar-refractivity contribution < 1.29 is 35.9 Å². The normalized spacial score (nSPS) is 11.8. The molecule has 0 atom stereocenters. The molecule has 0 bridgehead atoms. The number of hydrogen-bond donors (Lipinski definition) is 0. The van der Waals surface area contributed by atoms with Gasteiger partial charge in [-0.25, -0.2) is 4.57 Å². The Bertz CT molecular complexity index is 8500. The first-order valence-electron chi connectivity index (χ1n) is 41.8. The van der Waals surface area contributed by atoms with Crippen LogP contribution >= 0.6 is 0 Å². The summed E-state index contributed by atoms with van der Waals surface area (Å²) in [6, 6.07) is 108. The maximum atomic E-state index is 6.58. The van der Waals surface area contributed by atoms with E-state index >= 15 is 0 Å². The molecule has 16 aromatic carbocycles. The van der Waals surface area contributed by atoms with Crippen molar-refractivity contribution in [1.29, 1.82) is 0 Å². The fraction of sp³-hybridized carbons (Fsp3) is 0.115. The Hall–Kier alpha value is -14.6. The van der Waals surface area contributed by atoms with E-state index in [1.54, 1.807) is 0 Å². The summed E-state index contributed by atoms with van der Waals surface area (Å²) < 4.78 is 35.2. The van der Waals surface area contributed by atoms with Gasteiger partial charge in [-0.1, -0.05) is 164 Å². The van der Waals surface area contributed by atoms with Crippen molar-refractivity contribution in [3.8, 4) is 45.0 Å². The zero-order valence-corrected chi connectivity index (χ0v) is 70.4. The van der Waals surface area contributed by atoms with Crippen LogP contribution in [-0.2, 0) is 28.2 Å². The molecule has 8 aromatic heterocycles. The molecule has 0 radical (unpaired) electrons. The highest BCUT2D eigenvalue weighted by molar-refractivity contribution is 6.18. The molecule has 582 valence electrons. The van der Waals surface area contributed by atoms with Gasteiger partial charge < -0.3 is 17.7 Å². The van der Waals surface area contributed by atoms with E-state index < -0.39 is 0 Å². The summed E-state index contributed by atoms with van der Waals surface area (Å²) in [5.41, 5.74) is 32.1. The fourth-order valence-corrected chi connectivity index (χ4v) is 19.1. The predicted octanol–water partition coefficient (Wildman–Crippen LogP) is 28.3. The second kappa shape index (κ2) is 28.9. The molecular formula is C113H90N4O4+4. The van der Waals surface area contributed by atoms with Gasteiger partial charge in [-0.2, -0.15) is 13.7 Å². The number of aromatic nitrogens is 4. The second-order valence-electron chi connectivity index (χ2n) is 33.3. The summed E-state index contributed by atoms with van der Waals surface area (Å²) >= 11 is 0. The molecule has 0 saturated carbocycles. The van der Waals surface area contributed by atoms with Gasteiger partial charge >= 0.3 is 0 Å². The van der Waals surface area contributed by atoms with Crippen molar-refractivity contribution in [3.63, 3.8) is 0 Å². The molecular weight excluding hydrogens is 1480 g/mol. The zero-order valence-electron chi connectivity index (χ0n) is 70.4. The largest absolute Gasteiger partial charge is 0.455 e. The minimum Gasteiger partial charge on any atom is -0.455 e. The Labute approximate surface area is 700 Å². The molecule has 121 heavy (non-hydrogen) atoms. The van der Waals surface area contributed by atoms with E-state index in [1.165, 1.54) is 214 Å². The van der Waals surface area contributed by atoms with Crippen LogP contribution in [0.1, 0.15) is 50.1 Å². The van der Waals surface area contributed by atoms with E-state index in [2.05, 4.69) is 418 Å². The van der Waals surface area contributed by atoms with E-state index in [9.17, 15) is 0 Å². The Morgan fingerprint density at radius 2 is 0.521 bits per heavy atom. The number of nitrogens with zero attached hydrogens (tertiary/aromatic N) is 4. The van der Waals surface area contributed by atoms with Crippen molar-refractivity contribution in [2.75, 3.05) is 0 Å². The molecule has 8 heteroatoms. The van der Waals surface area contributed by atoms with Crippen LogP contribution in [0.15, 0.2) is 327 Å². The molecule has 0 N–H and O–H groups in total. The predicted molar refractivity (Wildman–Crippen MR) is 504 cm³/mol. The van der Waals surface area contributed by atoms with Gasteiger partial charge in [0.25, 0.3) is 0 Å². The summed E-state index contributed by atoms with van der Waals surface area (Å²) in [7, 11) is 8.56. The van der Waals surface area contributed by atoms with Crippen LogP contribution in [0, 0.1) is 62.3 Å². The zero-order chi connectivity index (χ0) is 82.5. The highest BCUT2D eigenvalue weighted by Gasteiger charge is 2.30. The number of pyridine rings is 4. The first kappa shape index (κ1) is 74.0. The van der Waals surface area contributed by atoms with Crippen molar-refractivity contribution in [1.82, 2.24) is 0 Å². The lowest BCUT2D eigenvalue weighted by molar-refractivity contribution is -0.659. The van der Waals surface area contributed by atoms with Crippen LogP contribution in [0.5, 0.6) is 0 Å². The lowest BCUT2D eigenvalue weighted by Gasteiger charge is -2.11. The molecule has 0 unspecified atom stereocenters. The minimum absolute atomic E-state index is 0.939. The van der Waals surface area contributed by atoms with Crippen molar-refractivity contribution >= 4 is 174 Å². The molecule has 0 spiro atoms. The number of furan rings is 4. The van der Waals surface area contributed by atoms with Crippen LogP contribution < -0.4 is 18.3 Å². The van der Waals surface area contributed by atoms with Gasteiger partial charge in [0.15, 0.2) is 6.20 Å². The third-order valence-corrected chi connectivity index (χ3v) is 26.1. The molecule has 0 aliphatic heterocycles. The summed E-state index contributed by atoms with van der Waals surface area (Å²) in [5.74, 6) is 0. The molecule has 0 amide bonds. The van der Waals surface area contributed by atoms with Crippen LogP contribution in [-0.4, -0.2) is 0 Å². The lowest BCUT2D eigenvalue weighted by Crippen LogP contribution is -2.32. The van der Waals surface area contributed by atoms with Crippen molar-refractivity contribution in [2.24, 2.45) is 28.2 Å². The molecule has 0 saturated heterocycles. The quantitative estimate of drug-likeness (QED) is 0.165. The van der Waals surface area contributed by atoms with Crippen LogP contribution in [0.4, 0.5) is 0 Å². The summed E-state index contributed by atoms with van der Waals surface area (Å²) in [6.45, 7) is 19.7. The topological polar surface area (TPSA) is 68.1 Å². The Morgan fingerprint density at radius 3 is 1.00 bits per heavy atom. The standard InChI is InChI=1S/2C29H24NO.C28H22NO.C27H20NO/c1-17-8-7-11-25-22(17)12-13-26(30(25)4)28-19(3)18(2)14-24-23-15-20-9-5-6-10-21(20)16-27(23)31-29(24)28;1-17-13-24-23-15-20-9-5-6-10-21(20)16-27(23)31-29(24)28(19(17)3)26-14-18(2)22-11-7-8-12-25(22)30(26)4;1-17-12-24-23-13-19-8-4-5-10-21(19)15-26(23)30-28(24)27(18(17)2)25-14-20-9-6-7-11-22(20)16-29(25)3;1-17-11-13-21-22-15-19-8-3-4-9-20(19)16-25(22)29-27(21)26(17)24-14-12-18-7-5-6-10-23(18)28(24)2/h2*5-16H,1-4H3;4-16H,1-3H3;3-16H,1-2H3/q4*+1. The van der Waals surface area contributed by atoms with E-state index in [1.807, 2.05) is 0 Å². The lowest BCUT2D eigenvalue weighted by atomic mass is 9.94. The number of benzene rings is 16. The second-order valence-corrected chi connectivity index (χ2v) is 33.3. The number of para-hydroxylation sites is 2. The van der Waals surface area contributed by atoms with Gasteiger partial charge in [0.1, 0.15) is 72.9 Å². The number of fused-ring (bicyclic) bond motifs is 20. The van der Waals surface area contributed by atoms with E-state index in [4.69, 9.17) is 17.7 Å². The first-order valence-corrected chi connectivity index (χ1v) is 41.8. The van der Waals surface area contributed by atoms with Gasteiger partial charge in [-0.3, -0.25) is 0 Å². The molecule has 8 heterocycles. The Balaban J connectivity index is 0.0000000996. The number of rotatable bonds is 4. The summed E-state index contributed by atoms with van der Waals surface area (Å²) in [5, 5.41) is 25.5. The number of aryl methyl sites for hydroxylation is 10. The van der Waals surface area contributed by atoms with Gasteiger partial charge in [-0.15, -0.1) is 0 Å². The van der Waals surface area contributed by atoms with Crippen LogP contribution in [0.2, 0.25) is 0 Å². The molecule has 0 aliphatic carbocycles. The van der Waals surface area contributed by atoms with E-state index in [0.29, 0.717) is 0 Å². The number of hydrogen-bond acceptors (Lipinski definition) is 4. The van der Waals surface area contributed by atoms with Crippen molar-refractivity contribution in [2.45, 2.75) is 62.3 Å². The third kappa shape index (κ3) is 12.2. The first-order chi connectivity index (χ1) is 58.9. The maximum absolute atomic E-state index is 6.58. The maximum Gasteiger partial charge on any atom is 0.217 e. The monoisotopic (exact) mass is 1570 g/mol. The smallest absolute Gasteiger partial charge is 0.217 e. The van der Waals surface area contributed by atoms with Gasteiger partial charge in [0, 0.05) is 107 Å². The molecule has 8 nitrogen and oxygen atoms in total. The SMILES string of the molecule is Cc1cc2c(oc3cc4ccccc4cc32)c(-c2cc(C)c3ccccc3[n+]2C)c1C.Cc1cc2c(oc3cc4ccccc4cc32)c(-c2cc3ccccc3c[n+]2C)c1C.Cc1cc2c(oc3cc4ccccc4cc32)c(-c2ccc3c(C)cccc3[n+]2C)c1C.Cc1ccc2c(oc3cc4ccccc4cc32)c1-c1ccc2ccccc2[n+]1C. The van der Waals surface area contributed by atoms with Crippen LogP contribution in [0.3, 0.4) is 0 Å². The van der Waals surface area contributed by atoms with E-state index in [-0.39, 0.29) is 0 Å². The van der Waals surface area contributed by atoms with Gasteiger partial charge in [-0.05, 0) is 258 Å². The molecule has 24 rings (SSSR count). The average Bonchev–Trinajstić information content (AvgIpc) is 1.62. The average molecular weight is 1570 g/mol. The van der Waals surface area contributed by atoms with Crippen molar-refractivity contribution in [3.05, 3.63) is 360 Å². The highest BCUT2D eigenvalue weighted by Crippen LogP contribution is 2.46. The van der Waals surface area contributed by atoms with Gasteiger partial charge in [0.05, 0.1) is 22.3 Å². The molecule has 0 aliphatic rings.